The maximum absolute atomic E-state index is 12.7. The minimum absolute atomic E-state index is 0.0862. The summed E-state index contributed by atoms with van der Waals surface area (Å²) in [5.41, 5.74) is 0. The number of rotatable bonds is 3. The van der Waals surface area contributed by atoms with E-state index in [1.165, 1.54) is 0 Å². The molecule has 0 aromatic rings. The summed E-state index contributed by atoms with van der Waals surface area (Å²) in [6.07, 6.45) is 0.959. The van der Waals surface area contributed by atoms with E-state index >= 15 is 0 Å². The van der Waals surface area contributed by atoms with Gasteiger partial charge in [-0.15, -0.1) is 0 Å². The first-order valence-corrected chi connectivity index (χ1v) is 7.06. The van der Waals surface area contributed by atoms with E-state index < -0.39 is 15.0 Å². The molecule has 0 aromatic heterocycles. The topological polar surface area (TPSA) is 34.1 Å². The van der Waals surface area contributed by atoms with Gasteiger partial charge in [0.1, 0.15) is 0 Å². The molecule has 0 atom stereocenters. The van der Waals surface area contributed by atoms with Crippen molar-refractivity contribution >= 4 is 19.7 Å². The molecule has 0 saturated heterocycles. The van der Waals surface area contributed by atoms with Gasteiger partial charge in [-0.05, 0) is 25.2 Å². The monoisotopic (exact) mass is 246 g/mol. The van der Waals surface area contributed by atoms with Gasteiger partial charge in [-0.1, -0.05) is 0 Å². The first kappa shape index (κ1) is 12.2. The molecule has 0 aromatic carbocycles. The summed E-state index contributed by atoms with van der Waals surface area (Å²) >= 11 is 0. The van der Waals surface area contributed by atoms with Gasteiger partial charge in [0.2, 0.25) is 15.0 Å². The third-order valence-electron chi connectivity index (χ3n) is 2.61. The van der Waals surface area contributed by atoms with Crippen LogP contribution in [0.5, 0.6) is 0 Å². The van der Waals surface area contributed by atoms with E-state index in [9.17, 15) is 17.2 Å². The van der Waals surface area contributed by atoms with Gasteiger partial charge in [-0.3, -0.25) is 0 Å². The molecule has 0 spiro atoms. The van der Waals surface area contributed by atoms with Crippen LogP contribution in [0.3, 0.4) is 0 Å². The SMILES string of the molecule is O=S(=O)(Cl)CCC1CCC(F)(F)CC1. The zero-order valence-corrected chi connectivity index (χ0v) is 9.25. The van der Waals surface area contributed by atoms with Crippen LogP contribution in [0.4, 0.5) is 8.78 Å². The van der Waals surface area contributed by atoms with Crippen LogP contribution in [-0.4, -0.2) is 20.1 Å². The lowest BCUT2D eigenvalue weighted by molar-refractivity contribution is -0.0459. The van der Waals surface area contributed by atoms with Crippen LogP contribution >= 0.6 is 10.7 Å². The third-order valence-corrected chi connectivity index (χ3v) is 3.79. The molecule has 1 rings (SSSR count). The molecule has 2 nitrogen and oxygen atoms in total. The molecule has 0 unspecified atom stereocenters. The van der Waals surface area contributed by atoms with Gasteiger partial charge in [0, 0.05) is 23.5 Å². The van der Waals surface area contributed by atoms with E-state index in [2.05, 4.69) is 0 Å². The highest BCUT2D eigenvalue weighted by Crippen LogP contribution is 2.37. The summed E-state index contributed by atoms with van der Waals surface area (Å²) in [5, 5.41) is 0. The summed E-state index contributed by atoms with van der Waals surface area (Å²) in [6, 6.07) is 0. The van der Waals surface area contributed by atoms with E-state index in [0.717, 1.165) is 0 Å². The lowest BCUT2D eigenvalue weighted by Gasteiger charge is -2.27. The molecule has 0 aliphatic heterocycles. The maximum atomic E-state index is 12.7. The summed E-state index contributed by atoms with van der Waals surface area (Å²) in [6.45, 7) is 0. The molecule has 0 N–H and O–H groups in total. The van der Waals surface area contributed by atoms with Crippen molar-refractivity contribution in [1.82, 2.24) is 0 Å². The number of alkyl halides is 2. The molecule has 14 heavy (non-hydrogen) atoms. The average Bonchev–Trinajstić information content (AvgIpc) is 2.01. The Labute approximate surface area is 87.1 Å². The molecule has 0 heterocycles. The highest BCUT2D eigenvalue weighted by Gasteiger charge is 2.34. The van der Waals surface area contributed by atoms with Crippen LogP contribution < -0.4 is 0 Å². The fourth-order valence-corrected chi connectivity index (χ4v) is 2.58. The molecule has 6 heteroatoms. The van der Waals surface area contributed by atoms with Crippen molar-refractivity contribution in [2.75, 3.05) is 5.75 Å². The zero-order valence-electron chi connectivity index (χ0n) is 7.68. The van der Waals surface area contributed by atoms with E-state index in [4.69, 9.17) is 10.7 Å². The second-order valence-electron chi connectivity index (χ2n) is 3.83. The molecular weight excluding hydrogens is 234 g/mol. The fourth-order valence-electron chi connectivity index (χ4n) is 1.70. The predicted octanol–water partition coefficient (Wildman–Crippen LogP) is 2.77. The Morgan fingerprint density at radius 2 is 1.79 bits per heavy atom. The second kappa shape index (κ2) is 4.31. The van der Waals surface area contributed by atoms with Gasteiger partial charge < -0.3 is 0 Å². The fraction of sp³-hybridized carbons (Fsp3) is 1.00. The lowest BCUT2D eigenvalue weighted by atomic mass is 9.85. The Morgan fingerprint density at radius 1 is 1.29 bits per heavy atom. The highest BCUT2D eigenvalue weighted by molar-refractivity contribution is 8.13. The number of halogens is 3. The minimum atomic E-state index is -3.47. The number of hydrogen-bond acceptors (Lipinski definition) is 2. The molecule has 0 bridgehead atoms. The maximum Gasteiger partial charge on any atom is 0.248 e. The summed E-state index contributed by atoms with van der Waals surface area (Å²) in [7, 11) is 1.56. The lowest BCUT2D eigenvalue weighted by Crippen LogP contribution is -2.25. The molecule has 1 saturated carbocycles. The number of hydrogen-bond donors (Lipinski definition) is 0. The van der Waals surface area contributed by atoms with Crippen molar-refractivity contribution in [2.24, 2.45) is 5.92 Å². The van der Waals surface area contributed by atoms with Crippen molar-refractivity contribution in [3.63, 3.8) is 0 Å². The van der Waals surface area contributed by atoms with Crippen LogP contribution in [0, 0.1) is 5.92 Å². The Morgan fingerprint density at radius 3 is 2.21 bits per heavy atom. The van der Waals surface area contributed by atoms with Crippen molar-refractivity contribution < 1.29 is 17.2 Å². The van der Waals surface area contributed by atoms with Crippen LogP contribution in [0.25, 0.3) is 0 Å². The van der Waals surface area contributed by atoms with Gasteiger partial charge in [-0.2, -0.15) is 0 Å². The van der Waals surface area contributed by atoms with Crippen molar-refractivity contribution in [3.05, 3.63) is 0 Å². The molecule has 0 radical (unpaired) electrons. The minimum Gasteiger partial charge on any atom is -0.212 e. The third kappa shape index (κ3) is 4.55. The van der Waals surface area contributed by atoms with Crippen LogP contribution in [0.1, 0.15) is 32.1 Å². The smallest absolute Gasteiger partial charge is 0.212 e. The average molecular weight is 247 g/mol. The van der Waals surface area contributed by atoms with Gasteiger partial charge in [0.15, 0.2) is 0 Å². The van der Waals surface area contributed by atoms with Crippen molar-refractivity contribution in [3.8, 4) is 0 Å². The van der Waals surface area contributed by atoms with E-state index in [-0.39, 0.29) is 24.5 Å². The first-order chi connectivity index (χ1) is 6.29. The second-order valence-corrected chi connectivity index (χ2v) is 6.73. The van der Waals surface area contributed by atoms with Gasteiger partial charge in [0.25, 0.3) is 0 Å². The summed E-state index contributed by atoms with van der Waals surface area (Å²) < 4.78 is 46.7. The van der Waals surface area contributed by atoms with Crippen LogP contribution in [-0.2, 0) is 9.05 Å². The van der Waals surface area contributed by atoms with E-state index in [0.29, 0.717) is 19.3 Å². The molecule has 0 amide bonds. The standard InChI is InChI=1S/C8H13ClF2O2S/c9-14(12,13)6-3-7-1-4-8(10,11)5-2-7/h7H,1-6H2. The highest BCUT2D eigenvalue weighted by atomic mass is 35.7. The molecule has 1 aliphatic carbocycles. The summed E-state index contributed by atoms with van der Waals surface area (Å²) in [5.74, 6) is -2.57. The quantitative estimate of drug-likeness (QED) is 0.718. The van der Waals surface area contributed by atoms with Crippen LogP contribution in [0.15, 0.2) is 0 Å². The van der Waals surface area contributed by atoms with E-state index in [1.807, 2.05) is 0 Å². The summed E-state index contributed by atoms with van der Waals surface area (Å²) in [4.78, 5) is 0. The Balaban J connectivity index is 2.30. The molecule has 1 aliphatic rings. The van der Waals surface area contributed by atoms with Gasteiger partial charge in [-0.25, -0.2) is 17.2 Å². The van der Waals surface area contributed by atoms with Gasteiger partial charge in [0.05, 0.1) is 5.75 Å². The zero-order chi connectivity index (χ0) is 10.8. The molecule has 84 valence electrons. The van der Waals surface area contributed by atoms with Gasteiger partial charge >= 0.3 is 0 Å². The largest absolute Gasteiger partial charge is 0.248 e. The van der Waals surface area contributed by atoms with Crippen LogP contribution in [0.2, 0.25) is 0 Å². The predicted molar refractivity (Wildman–Crippen MR) is 51.2 cm³/mol. The first-order valence-electron chi connectivity index (χ1n) is 4.59. The normalized spacial score (nSPS) is 23.6. The van der Waals surface area contributed by atoms with E-state index in [1.54, 1.807) is 0 Å². The van der Waals surface area contributed by atoms with Crippen molar-refractivity contribution in [1.29, 1.82) is 0 Å². The van der Waals surface area contributed by atoms with Crippen molar-refractivity contribution in [2.45, 2.75) is 38.0 Å². The Kier molecular flexibility index (Phi) is 3.75. The Hall–Kier alpha value is 0.1000. The molecular formula is C8H13ClF2O2S. The Bertz CT molecular complexity index is 280. The molecule has 1 fully saturated rings.